The molecule has 1 aromatic rings. The van der Waals surface area contributed by atoms with E-state index in [-0.39, 0.29) is 5.91 Å². The first-order valence-corrected chi connectivity index (χ1v) is 4.90. The predicted octanol–water partition coefficient (Wildman–Crippen LogP) is 0.581. The highest BCUT2D eigenvalue weighted by molar-refractivity contribution is 5.96. The van der Waals surface area contributed by atoms with Crippen LogP contribution in [0.4, 0.5) is 0 Å². The Morgan fingerprint density at radius 1 is 1.80 bits per heavy atom. The van der Waals surface area contributed by atoms with Gasteiger partial charge in [0.1, 0.15) is 5.56 Å². The van der Waals surface area contributed by atoms with Crippen molar-refractivity contribution in [2.24, 2.45) is 0 Å². The number of nitrogens with zero attached hydrogens (tertiary/aromatic N) is 2. The van der Waals surface area contributed by atoms with Gasteiger partial charge in [-0.05, 0) is 0 Å². The second-order valence-electron chi connectivity index (χ2n) is 3.29. The maximum atomic E-state index is 11.6. The summed E-state index contributed by atoms with van der Waals surface area (Å²) in [5.41, 5.74) is 0.497. The first-order chi connectivity index (χ1) is 7.33. The Kier molecular flexibility index (Phi) is 2.71. The molecule has 1 N–H and O–H groups in total. The third-order valence-electron chi connectivity index (χ3n) is 2.20. The Balaban J connectivity index is 2.17. The fourth-order valence-electron chi connectivity index (χ4n) is 1.48. The number of carbonyl (C=O) groups excluding carboxylic acids is 1. The summed E-state index contributed by atoms with van der Waals surface area (Å²) >= 11 is 0. The van der Waals surface area contributed by atoms with Crippen LogP contribution >= 0.6 is 0 Å². The monoisotopic (exact) mass is 207 g/mol. The molecule has 0 saturated heterocycles. The molecule has 0 bridgehead atoms. The molecule has 1 aromatic heterocycles. The van der Waals surface area contributed by atoms with Crippen LogP contribution in [0.2, 0.25) is 0 Å². The minimum Gasteiger partial charge on any atom is -0.477 e. The van der Waals surface area contributed by atoms with Crippen molar-refractivity contribution >= 4 is 5.91 Å². The van der Waals surface area contributed by atoms with Gasteiger partial charge < -0.3 is 10.1 Å². The van der Waals surface area contributed by atoms with Gasteiger partial charge in [-0.15, -0.1) is 6.58 Å². The van der Waals surface area contributed by atoms with E-state index in [1.54, 1.807) is 17.0 Å². The average Bonchev–Trinajstić information content (AvgIpc) is 2.69. The number of carbonyl (C=O) groups is 1. The summed E-state index contributed by atoms with van der Waals surface area (Å²) in [6.45, 7) is 5.44. The fourth-order valence-corrected chi connectivity index (χ4v) is 1.48. The van der Waals surface area contributed by atoms with Crippen LogP contribution in [0.15, 0.2) is 18.9 Å². The maximum Gasteiger partial charge on any atom is 0.258 e. The van der Waals surface area contributed by atoms with E-state index >= 15 is 0 Å². The Labute approximate surface area is 87.7 Å². The zero-order chi connectivity index (χ0) is 10.7. The lowest BCUT2D eigenvalue weighted by Gasteiger charge is -2.15. The molecule has 15 heavy (non-hydrogen) atoms. The number of nitrogens with one attached hydrogen (secondary N) is 1. The summed E-state index contributed by atoms with van der Waals surface area (Å²) in [6, 6.07) is 0. The predicted molar refractivity (Wildman–Crippen MR) is 54.9 cm³/mol. The van der Waals surface area contributed by atoms with E-state index < -0.39 is 0 Å². The quantitative estimate of drug-likeness (QED) is 0.738. The van der Waals surface area contributed by atoms with Crippen molar-refractivity contribution in [3.8, 4) is 5.88 Å². The Bertz CT molecular complexity index is 384. The molecule has 0 aromatic carbocycles. The molecule has 1 amide bonds. The minimum absolute atomic E-state index is 0.168. The van der Waals surface area contributed by atoms with Crippen molar-refractivity contribution in [2.45, 2.75) is 13.0 Å². The molecule has 0 fully saturated rings. The van der Waals surface area contributed by atoms with Gasteiger partial charge in [0.05, 0.1) is 12.8 Å². The lowest BCUT2D eigenvalue weighted by atomic mass is 10.3. The Hall–Kier alpha value is -1.78. The third kappa shape index (κ3) is 1.86. The lowest BCUT2D eigenvalue weighted by Crippen LogP contribution is -2.24. The SMILES string of the molecule is C=CCNC(=O)c1cnn2c1OCCC2. The van der Waals surface area contributed by atoms with E-state index in [1.807, 2.05) is 0 Å². The summed E-state index contributed by atoms with van der Waals surface area (Å²) in [6.07, 6.45) is 4.11. The van der Waals surface area contributed by atoms with Crippen LogP contribution in [0.5, 0.6) is 5.88 Å². The number of hydrogen-bond acceptors (Lipinski definition) is 3. The van der Waals surface area contributed by atoms with Gasteiger partial charge in [0.25, 0.3) is 5.91 Å². The van der Waals surface area contributed by atoms with Crippen LogP contribution in [-0.4, -0.2) is 28.8 Å². The largest absolute Gasteiger partial charge is 0.477 e. The van der Waals surface area contributed by atoms with Gasteiger partial charge >= 0.3 is 0 Å². The number of aromatic nitrogens is 2. The lowest BCUT2D eigenvalue weighted by molar-refractivity contribution is 0.0951. The molecule has 5 heteroatoms. The van der Waals surface area contributed by atoms with Crippen LogP contribution in [-0.2, 0) is 6.54 Å². The molecule has 0 spiro atoms. The molecule has 5 nitrogen and oxygen atoms in total. The Morgan fingerprint density at radius 3 is 3.47 bits per heavy atom. The molecule has 0 saturated carbocycles. The van der Waals surface area contributed by atoms with Crippen LogP contribution in [0.3, 0.4) is 0 Å². The van der Waals surface area contributed by atoms with Crippen molar-refractivity contribution in [1.82, 2.24) is 15.1 Å². The van der Waals surface area contributed by atoms with Crippen molar-refractivity contribution in [3.05, 3.63) is 24.4 Å². The molecule has 0 radical (unpaired) electrons. The molecule has 2 rings (SSSR count). The van der Waals surface area contributed by atoms with Gasteiger partial charge in [-0.2, -0.15) is 5.10 Å². The molecular weight excluding hydrogens is 194 g/mol. The van der Waals surface area contributed by atoms with Crippen LogP contribution < -0.4 is 10.1 Å². The molecule has 80 valence electrons. The first kappa shape index (κ1) is 9.76. The number of amides is 1. The van der Waals surface area contributed by atoms with Crippen molar-refractivity contribution in [2.75, 3.05) is 13.2 Å². The number of aryl methyl sites for hydroxylation is 1. The molecule has 0 unspecified atom stereocenters. The number of rotatable bonds is 3. The summed E-state index contributed by atoms with van der Waals surface area (Å²) in [5.74, 6) is 0.404. The molecule has 0 aliphatic carbocycles. The van der Waals surface area contributed by atoms with E-state index in [0.717, 1.165) is 13.0 Å². The van der Waals surface area contributed by atoms with Gasteiger partial charge in [-0.3, -0.25) is 4.79 Å². The normalized spacial score (nSPS) is 13.9. The van der Waals surface area contributed by atoms with Crippen LogP contribution in [0.1, 0.15) is 16.8 Å². The van der Waals surface area contributed by atoms with Crippen LogP contribution in [0, 0.1) is 0 Å². The number of fused-ring (bicyclic) bond motifs is 1. The number of hydrogen-bond donors (Lipinski definition) is 1. The summed E-state index contributed by atoms with van der Waals surface area (Å²) in [5, 5.41) is 6.79. The molecule has 0 atom stereocenters. The van der Waals surface area contributed by atoms with E-state index in [4.69, 9.17) is 4.74 Å². The fraction of sp³-hybridized carbons (Fsp3) is 0.400. The maximum absolute atomic E-state index is 11.6. The molecular formula is C10H13N3O2. The first-order valence-electron chi connectivity index (χ1n) is 4.90. The van der Waals surface area contributed by atoms with E-state index in [9.17, 15) is 4.79 Å². The summed E-state index contributed by atoms with van der Waals surface area (Å²) in [4.78, 5) is 11.6. The third-order valence-corrected chi connectivity index (χ3v) is 2.20. The van der Waals surface area contributed by atoms with E-state index in [2.05, 4.69) is 17.0 Å². The van der Waals surface area contributed by atoms with Gasteiger partial charge in [-0.1, -0.05) is 6.08 Å². The molecule has 1 aliphatic heterocycles. The smallest absolute Gasteiger partial charge is 0.258 e. The van der Waals surface area contributed by atoms with E-state index in [1.165, 1.54) is 0 Å². The minimum atomic E-state index is -0.168. The van der Waals surface area contributed by atoms with Crippen molar-refractivity contribution in [3.63, 3.8) is 0 Å². The molecule has 1 aliphatic rings. The highest BCUT2D eigenvalue weighted by Crippen LogP contribution is 2.21. The second-order valence-corrected chi connectivity index (χ2v) is 3.29. The van der Waals surface area contributed by atoms with Crippen molar-refractivity contribution in [1.29, 1.82) is 0 Å². The Morgan fingerprint density at radius 2 is 2.67 bits per heavy atom. The van der Waals surface area contributed by atoms with Gasteiger partial charge in [-0.25, -0.2) is 4.68 Å². The zero-order valence-corrected chi connectivity index (χ0v) is 8.40. The molecule has 2 heterocycles. The van der Waals surface area contributed by atoms with Gasteiger partial charge in [0.2, 0.25) is 5.88 Å². The highest BCUT2D eigenvalue weighted by Gasteiger charge is 2.20. The van der Waals surface area contributed by atoms with Gasteiger partial charge in [0, 0.05) is 19.5 Å². The summed E-state index contributed by atoms with van der Waals surface area (Å²) < 4.78 is 7.12. The standard InChI is InChI=1S/C10H13N3O2/c1-2-4-11-9(14)8-7-12-13-5-3-6-15-10(8)13/h2,7H,1,3-6H2,(H,11,14). The number of ether oxygens (including phenoxy) is 1. The topological polar surface area (TPSA) is 56.2 Å². The second kappa shape index (κ2) is 4.16. The van der Waals surface area contributed by atoms with Crippen molar-refractivity contribution < 1.29 is 9.53 Å². The van der Waals surface area contributed by atoms with E-state index in [0.29, 0.717) is 24.6 Å². The van der Waals surface area contributed by atoms with Crippen LogP contribution in [0.25, 0.3) is 0 Å². The van der Waals surface area contributed by atoms with Gasteiger partial charge in [0.15, 0.2) is 0 Å². The average molecular weight is 207 g/mol. The highest BCUT2D eigenvalue weighted by atomic mass is 16.5. The summed E-state index contributed by atoms with van der Waals surface area (Å²) in [7, 11) is 0. The zero-order valence-electron chi connectivity index (χ0n) is 8.40.